The van der Waals surface area contributed by atoms with E-state index < -0.39 is 5.97 Å². The Kier molecular flexibility index (Phi) is 6.17. The average molecular weight is 384 g/mol. The highest BCUT2D eigenvalue weighted by atomic mass is 127. The van der Waals surface area contributed by atoms with Gasteiger partial charge in [0.05, 0.1) is 5.56 Å². The number of benzene rings is 2. The van der Waals surface area contributed by atoms with Crippen LogP contribution in [0.2, 0.25) is 0 Å². The Morgan fingerprint density at radius 3 is 1.90 bits per heavy atom. The second kappa shape index (κ2) is 7.64. The molecular weight excluding hydrogens is 371 g/mol. The first-order chi connectivity index (χ1) is 9.59. The third kappa shape index (κ3) is 3.80. The molecule has 4 nitrogen and oxygen atoms in total. The Morgan fingerprint density at radius 2 is 1.40 bits per heavy atom. The number of ketones is 1. The summed E-state index contributed by atoms with van der Waals surface area (Å²) in [6, 6.07) is 11.7. The molecule has 0 spiro atoms. The Labute approximate surface area is 130 Å². The molecule has 0 aliphatic heterocycles. The fourth-order valence-electron chi connectivity index (χ4n) is 1.64. The van der Waals surface area contributed by atoms with Crippen LogP contribution in [-0.2, 0) is 0 Å². The van der Waals surface area contributed by atoms with Gasteiger partial charge in [-0.2, -0.15) is 0 Å². The molecule has 0 atom stereocenters. The molecule has 0 fully saturated rings. The van der Waals surface area contributed by atoms with Crippen molar-refractivity contribution in [1.82, 2.24) is 0 Å². The molecule has 0 radical (unpaired) electrons. The summed E-state index contributed by atoms with van der Waals surface area (Å²) in [5.41, 5.74) is 0.438. The summed E-state index contributed by atoms with van der Waals surface area (Å²) in [6.07, 6.45) is 0. The Balaban J connectivity index is 0.000000956. The molecule has 5 heteroatoms. The van der Waals surface area contributed by atoms with E-state index in [-0.39, 0.29) is 22.7 Å². The van der Waals surface area contributed by atoms with Crippen LogP contribution >= 0.6 is 22.6 Å². The Bertz CT molecular complexity index is 606. The number of aromatic hydroxyl groups is 1. The zero-order valence-corrected chi connectivity index (χ0v) is 12.9. The number of aromatic carboxylic acids is 1. The lowest BCUT2D eigenvalue weighted by molar-refractivity contribution is 0.0693. The van der Waals surface area contributed by atoms with E-state index in [2.05, 4.69) is 22.6 Å². The van der Waals surface area contributed by atoms with Crippen molar-refractivity contribution in [3.05, 3.63) is 65.2 Å². The standard InChI is InChI=1S/C14H10O4.CH3I/c15-10-7-5-9(6-8-10)13(16)11-3-1-2-4-12(11)14(17)18;1-2/h1-8,15H,(H,17,18);1H3. The van der Waals surface area contributed by atoms with Crippen molar-refractivity contribution < 1.29 is 19.8 Å². The van der Waals surface area contributed by atoms with Gasteiger partial charge in [0.25, 0.3) is 0 Å². The number of phenolic OH excluding ortho intramolecular Hbond substituents is 1. The maximum atomic E-state index is 12.1. The molecule has 0 amide bonds. The largest absolute Gasteiger partial charge is 0.508 e. The minimum atomic E-state index is -1.14. The van der Waals surface area contributed by atoms with Gasteiger partial charge in [0.2, 0.25) is 0 Å². The first kappa shape index (κ1) is 16.2. The predicted octanol–water partition coefficient (Wildman–Crippen LogP) is 3.37. The maximum absolute atomic E-state index is 12.1. The number of hydrogen-bond donors (Lipinski definition) is 2. The lowest BCUT2D eigenvalue weighted by atomic mass is 9.98. The summed E-state index contributed by atoms with van der Waals surface area (Å²) in [7, 11) is 0. The summed E-state index contributed by atoms with van der Waals surface area (Å²) < 4.78 is 0. The van der Waals surface area contributed by atoms with E-state index in [4.69, 9.17) is 10.2 Å². The maximum Gasteiger partial charge on any atom is 0.336 e. The lowest BCUT2D eigenvalue weighted by Crippen LogP contribution is -2.09. The van der Waals surface area contributed by atoms with Gasteiger partial charge >= 0.3 is 5.97 Å². The normalized spacial score (nSPS) is 9.30. The van der Waals surface area contributed by atoms with Crippen LogP contribution in [0.25, 0.3) is 0 Å². The number of alkyl halides is 1. The first-order valence-corrected chi connectivity index (χ1v) is 7.79. The quantitative estimate of drug-likeness (QED) is 0.484. The summed E-state index contributed by atoms with van der Waals surface area (Å²) in [5, 5.41) is 18.2. The molecule has 20 heavy (non-hydrogen) atoms. The van der Waals surface area contributed by atoms with Crippen molar-refractivity contribution in [1.29, 1.82) is 0 Å². The number of phenols is 1. The van der Waals surface area contributed by atoms with E-state index in [0.29, 0.717) is 5.56 Å². The van der Waals surface area contributed by atoms with Crippen LogP contribution < -0.4 is 0 Å². The summed E-state index contributed by atoms with van der Waals surface area (Å²) in [4.78, 5) is 25.1. The molecule has 0 aliphatic rings. The van der Waals surface area contributed by atoms with E-state index in [9.17, 15) is 9.59 Å². The third-order valence-electron chi connectivity index (χ3n) is 2.53. The topological polar surface area (TPSA) is 74.6 Å². The molecule has 0 aromatic heterocycles. The second-order valence-electron chi connectivity index (χ2n) is 3.73. The molecule has 104 valence electrons. The molecule has 2 aromatic carbocycles. The van der Waals surface area contributed by atoms with E-state index in [1.807, 2.05) is 4.93 Å². The minimum Gasteiger partial charge on any atom is -0.508 e. The molecule has 0 unspecified atom stereocenters. The van der Waals surface area contributed by atoms with Crippen molar-refractivity contribution in [2.45, 2.75) is 0 Å². The van der Waals surface area contributed by atoms with Crippen LogP contribution in [0.5, 0.6) is 5.75 Å². The Morgan fingerprint density at radius 1 is 0.900 bits per heavy atom. The first-order valence-electron chi connectivity index (χ1n) is 5.63. The number of rotatable bonds is 3. The number of carbonyl (C=O) groups excluding carboxylic acids is 1. The van der Waals surface area contributed by atoms with Crippen molar-refractivity contribution in [3.63, 3.8) is 0 Å². The van der Waals surface area contributed by atoms with Crippen LogP contribution in [0.3, 0.4) is 0 Å². The highest BCUT2D eigenvalue weighted by Gasteiger charge is 2.16. The zero-order chi connectivity index (χ0) is 15.1. The number of halogens is 1. The number of carbonyl (C=O) groups is 2. The van der Waals surface area contributed by atoms with Gasteiger partial charge < -0.3 is 10.2 Å². The SMILES string of the molecule is CI.O=C(O)c1ccccc1C(=O)c1ccc(O)cc1. The third-order valence-corrected chi connectivity index (χ3v) is 2.53. The van der Waals surface area contributed by atoms with E-state index in [0.717, 1.165) is 0 Å². The fourth-order valence-corrected chi connectivity index (χ4v) is 1.64. The van der Waals surface area contributed by atoms with Gasteiger partial charge in [-0.05, 0) is 35.3 Å². The van der Waals surface area contributed by atoms with Gasteiger partial charge in [-0.3, -0.25) is 4.79 Å². The lowest BCUT2D eigenvalue weighted by Gasteiger charge is -2.05. The van der Waals surface area contributed by atoms with Gasteiger partial charge in [-0.15, -0.1) is 0 Å². The molecule has 2 rings (SSSR count). The molecule has 0 aliphatic carbocycles. The van der Waals surface area contributed by atoms with Gasteiger partial charge in [-0.1, -0.05) is 40.8 Å². The molecule has 0 bridgehead atoms. The summed E-state index contributed by atoms with van der Waals surface area (Å²) in [5.74, 6) is -1.47. The molecule has 2 aromatic rings. The van der Waals surface area contributed by atoms with Gasteiger partial charge in [-0.25, -0.2) is 4.79 Å². The second-order valence-corrected chi connectivity index (χ2v) is 3.73. The summed E-state index contributed by atoms with van der Waals surface area (Å²) in [6.45, 7) is 0. The Hall–Kier alpha value is -1.89. The van der Waals surface area contributed by atoms with Crippen molar-refractivity contribution in [2.24, 2.45) is 0 Å². The zero-order valence-electron chi connectivity index (χ0n) is 10.7. The van der Waals surface area contributed by atoms with Crippen LogP contribution in [-0.4, -0.2) is 26.9 Å². The average Bonchev–Trinajstić information content (AvgIpc) is 2.49. The van der Waals surface area contributed by atoms with E-state index in [1.165, 1.54) is 36.4 Å². The van der Waals surface area contributed by atoms with Crippen LogP contribution in [0.4, 0.5) is 0 Å². The highest BCUT2D eigenvalue weighted by molar-refractivity contribution is 14.1. The van der Waals surface area contributed by atoms with Gasteiger partial charge in [0.1, 0.15) is 5.75 Å². The smallest absolute Gasteiger partial charge is 0.336 e. The summed E-state index contributed by atoms with van der Waals surface area (Å²) >= 11 is 2.15. The fraction of sp³-hybridized carbons (Fsp3) is 0.0667. The number of hydrogen-bond acceptors (Lipinski definition) is 3. The van der Waals surface area contributed by atoms with E-state index >= 15 is 0 Å². The van der Waals surface area contributed by atoms with Crippen LogP contribution in [0.15, 0.2) is 48.5 Å². The predicted molar refractivity (Wildman–Crippen MR) is 84.9 cm³/mol. The van der Waals surface area contributed by atoms with E-state index in [1.54, 1.807) is 12.1 Å². The van der Waals surface area contributed by atoms with Crippen LogP contribution in [0, 0.1) is 0 Å². The highest BCUT2D eigenvalue weighted by Crippen LogP contribution is 2.17. The molecule has 0 saturated heterocycles. The monoisotopic (exact) mass is 384 g/mol. The van der Waals surface area contributed by atoms with Crippen molar-refractivity contribution >= 4 is 34.3 Å². The van der Waals surface area contributed by atoms with Gasteiger partial charge in [0.15, 0.2) is 5.78 Å². The van der Waals surface area contributed by atoms with Crippen molar-refractivity contribution in [2.75, 3.05) is 4.93 Å². The number of carboxylic acid groups (broad SMARTS) is 1. The van der Waals surface area contributed by atoms with Gasteiger partial charge in [0, 0.05) is 11.1 Å². The minimum absolute atomic E-state index is 0.0319. The molecule has 2 N–H and O–H groups in total. The molecular formula is C15H13IO4. The number of carboxylic acids is 1. The van der Waals surface area contributed by atoms with Crippen molar-refractivity contribution in [3.8, 4) is 5.75 Å². The van der Waals surface area contributed by atoms with Crippen LogP contribution in [0.1, 0.15) is 26.3 Å². The molecule has 0 saturated carbocycles. The molecule has 0 heterocycles.